The highest BCUT2D eigenvalue weighted by atomic mass is 32.1. The fourth-order valence-electron chi connectivity index (χ4n) is 1.64. The summed E-state index contributed by atoms with van der Waals surface area (Å²) in [6, 6.07) is 1.81. The number of rotatable bonds is 5. The quantitative estimate of drug-likeness (QED) is 0.579. The van der Waals surface area contributed by atoms with Gasteiger partial charge in [0.15, 0.2) is 0 Å². The predicted octanol–water partition coefficient (Wildman–Crippen LogP) is 2.87. The molecule has 0 atom stereocenters. The second-order valence-corrected chi connectivity index (χ2v) is 5.47. The van der Waals surface area contributed by atoms with Crippen LogP contribution in [-0.2, 0) is 6.54 Å². The summed E-state index contributed by atoms with van der Waals surface area (Å²) in [6.45, 7) is 6.98. The second-order valence-electron chi connectivity index (χ2n) is 4.73. The number of thiophene rings is 1. The van der Waals surface area contributed by atoms with E-state index in [0.717, 1.165) is 18.2 Å². The van der Waals surface area contributed by atoms with Crippen molar-refractivity contribution in [1.82, 2.24) is 9.97 Å². The minimum absolute atomic E-state index is 0.261. The van der Waals surface area contributed by atoms with E-state index in [2.05, 4.69) is 52.2 Å². The Kier molecular flexibility index (Phi) is 4.34. The molecule has 2 heterocycles. The van der Waals surface area contributed by atoms with Gasteiger partial charge in [-0.1, -0.05) is 13.8 Å². The minimum Gasteiger partial charge on any atom is -0.366 e. The van der Waals surface area contributed by atoms with Gasteiger partial charge in [0, 0.05) is 18.5 Å². The molecule has 0 aromatic carbocycles. The molecule has 0 amide bonds. The molecule has 2 rings (SSSR count). The lowest BCUT2D eigenvalue weighted by Crippen LogP contribution is -2.13. The maximum atomic E-state index is 5.44. The number of anilines is 2. The third-order valence-electron chi connectivity index (χ3n) is 2.83. The van der Waals surface area contributed by atoms with Crippen LogP contribution in [0.5, 0.6) is 0 Å². The zero-order valence-corrected chi connectivity index (χ0v) is 12.2. The summed E-state index contributed by atoms with van der Waals surface area (Å²) >= 11 is 1.71. The third-order valence-corrected chi connectivity index (χ3v) is 3.74. The van der Waals surface area contributed by atoms with E-state index in [1.165, 1.54) is 11.1 Å². The van der Waals surface area contributed by atoms with Gasteiger partial charge < -0.3 is 10.7 Å². The Balaban J connectivity index is 2.15. The van der Waals surface area contributed by atoms with Crippen LogP contribution in [0.25, 0.3) is 0 Å². The molecule has 0 aliphatic rings. The van der Waals surface area contributed by atoms with Gasteiger partial charge in [-0.05, 0) is 28.8 Å². The molecule has 0 saturated heterocycles. The van der Waals surface area contributed by atoms with E-state index in [1.807, 2.05) is 6.07 Å². The van der Waals surface area contributed by atoms with Crippen molar-refractivity contribution in [1.29, 1.82) is 0 Å². The molecule has 19 heavy (non-hydrogen) atoms. The first-order valence-corrected chi connectivity index (χ1v) is 7.15. The first-order valence-electron chi connectivity index (χ1n) is 6.21. The van der Waals surface area contributed by atoms with Crippen molar-refractivity contribution < 1.29 is 0 Å². The molecule has 0 spiro atoms. The smallest absolute Gasteiger partial charge is 0.145 e. The summed E-state index contributed by atoms with van der Waals surface area (Å²) in [5, 5.41) is 7.61. The first kappa shape index (κ1) is 13.8. The standard InChI is InChI=1S/C13H19N5S/c1-8(2)13-16-11(4-12(17-13)18-14)15-5-10-7-19-6-9(10)3/h4,6-8H,5,14H2,1-3H3,(H2,15,16,17,18). The molecule has 0 saturated carbocycles. The van der Waals surface area contributed by atoms with E-state index >= 15 is 0 Å². The number of nitrogens with two attached hydrogens (primary N) is 1. The van der Waals surface area contributed by atoms with Gasteiger partial charge in [-0.25, -0.2) is 15.8 Å². The SMILES string of the molecule is Cc1cscc1CNc1cc(NN)nc(C(C)C)n1. The van der Waals surface area contributed by atoms with Gasteiger partial charge in [-0.2, -0.15) is 11.3 Å². The number of hydrogen-bond acceptors (Lipinski definition) is 6. The van der Waals surface area contributed by atoms with E-state index in [9.17, 15) is 0 Å². The normalized spacial score (nSPS) is 10.8. The molecule has 5 nitrogen and oxygen atoms in total. The lowest BCUT2D eigenvalue weighted by atomic mass is 10.2. The van der Waals surface area contributed by atoms with Crippen LogP contribution in [0.2, 0.25) is 0 Å². The topological polar surface area (TPSA) is 75.9 Å². The van der Waals surface area contributed by atoms with E-state index < -0.39 is 0 Å². The van der Waals surface area contributed by atoms with Crippen molar-refractivity contribution >= 4 is 23.0 Å². The van der Waals surface area contributed by atoms with Crippen LogP contribution < -0.4 is 16.6 Å². The van der Waals surface area contributed by atoms with Crippen LogP contribution in [0.15, 0.2) is 16.8 Å². The summed E-state index contributed by atoms with van der Waals surface area (Å²) in [6.07, 6.45) is 0. The van der Waals surface area contributed by atoms with E-state index in [1.54, 1.807) is 11.3 Å². The number of aryl methyl sites for hydroxylation is 1. The van der Waals surface area contributed by atoms with E-state index in [4.69, 9.17) is 5.84 Å². The minimum atomic E-state index is 0.261. The average molecular weight is 277 g/mol. The lowest BCUT2D eigenvalue weighted by molar-refractivity contribution is 0.775. The highest BCUT2D eigenvalue weighted by molar-refractivity contribution is 7.08. The zero-order valence-electron chi connectivity index (χ0n) is 11.4. The zero-order chi connectivity index (χ0) is 13.8. The Labute approximate surface area is 117 Å². The summed E-state index contributed by atoms with van der Waals surface area (Å²) in [7, 11) is 0. The van der Waals surface area contributed by atoms with Crippen molar-refractivity contribution in [3.63, 3.8) is 0 Å². The molecule has 0 aliphatic carbocycles. The Morgan fingerprint density at radius 3 is 2.58 bits per heavy atom. The Morgan fingerprint density at radius 1 is 1.26 bits per heavy atom. The molecule has 2 aromatic heterocycles. The fourth-order valence-corrected chi connectivity index (χ4v) is 2.50. The van der Waals surface area contributed by atoms with Crippen molar-refractivity contribution in [3.8, 4) is 0 Å². The Hall–Kier alpha value is -1.66. The van der Waals surface area contributed by atoms with Gasteiger partial charge in [0.05, 0.1) is 0 Å². The van der Waals surface area contributed by atoms with Crippen molar-refractivity contribution in [2.45, 2.75) is 33.2 Å². The van der Waals surface area contributed by atoms with Gasteiger partial charge >= 0.3 is 0 Å². The van der Waals surface area contributed by atoms with Gasteiger partial charge in [-0.3, -0.25) is 0 Å². The van der Waals surface area contributed by atoms with Gasteiger partial charge in [0.2, 0.25) is 0 Å². The predicted molar refractivity (Wildman–Crippen MR) is 80.3 cm³/mol. The molecule has 102 valence electrons. The molecule has 0 fully saturated rings. The van der Waals surface area contributed by atoms with Gasteiger partial charge in [0.25, 0.3) is 0 Å². The number of nitrogens with one attached hydrogen (secondary N) is 2. The molecule has 0 aliphatic heterocycles. The number of nitrogen functional groups attached to an aromatic ring is 1. The molecule has 0 radical (unpaired) electrons. The molecular weight excluding hydrogens is 258 g/mol. The van der Waals surface area contributed by atoms with Crippen LogP contribution in [0, 0.1) is 6.92 Å². The maximum absolute atomic E-state index is 5.44. The maximum Gasteiger partial charge on any atom is 0.145 e. The van der Waals surface area contributed by atoms with Crippen LogP contribution in [0.1, 0.15) is 36.7 Å². The average Bonchev–Trinajstić information content (AvgIpc) is 2.81. The first-order chi connectivity index (χ1) is 9.10. The molecular formula is C13H19N5S. The van der Waals surface area contributed by atoms with E-state index in [0.29, 0.717) is 5.82 Å². The number of hydrogen-bond donors (Lipinski definition) is 3. The molecule has 0 unspecified atom stereocenters. The van der Waals surface area contributed by atoms with Gasteiger partial charge in [-0.15, -0.1) is 0 Å². The summed E-state index contributed by atoms with van der Waals surface area (Å²) in [5.74, 6) is 7.89. The molecule has 6 heteroatoms. The second kappa shape index (κ2) is 5.99. The lowest BCUT2D eigenvalue weighted by Gasteiger charge is -2.11. The van der Waals surface area contributed by atoms with Crippen LogP contribution in [-0.4, -0.2) is 9.97 Å². The third kappa shape index (κ3) is 3.42. The van der Waals surface area contributed by atoms with Crippen LogP contribution in [0.4, 0.5) is 11.6 Å². The molecule has 0 bridgehead atoms. The number of hydrazine groups is 1. The Morgan fingerprint density at radius 2 is 2.00 bits per heavy atom. The van der Waals surface area contributed by atoms with Crippen molar-refractivity contribution in [2.24, 2.45) is 5.84 Å². The highest BCUT2D eigenvalue weighted by Gasteiger charge is 2.08. The summed E-state index contributed by atoms with van der Waals surface area (Å²) in [5.41, 5.74) is 5.17. The monoisotopic (exact) mass is 277 g/mol. The largest absolute Gasteiger partial charge is 0.366 e. The molecule has 4 N–H and O–H groups in total. The highest BCUT2D eigenvalue weighted by Crippen LogP contribution is 2.19. The Bertz CT molecular complexity index is 550. The van der Waals surface area contributed by atoms with E-state index in [-0.39, 0.29) is 5.92 Å². The van der Waals surface area contributed by atoms with Gasteiger partial charge in [0.1, 0.15) is 17.5 Å². The van der Waals surface area contributed by atoms with Crippen LogP contribution in [0.3, 0.4) is 0 Å². The number of nitrogens with zero attached hydrogens (tertiary/aromatic N) is 2. The van der Waals surface area contributed by atoms with Crippen molar-refractivity contribution in [3.05, 3.63) is 33.8 Å². The fraction of sp³-hybridized carbons (Fsp3) is 0.385. The van der Waals surface area contributed by atoms with Crippen LogP contribution >= 0.6 is 11.3 Å². The summed E-state index contributed by atoms with van der Waals surface area (Å²) in [4.78, 5) is 8.82. The molecule has 2 aromatic rings. The number of aromatic nitrogens is 2. The summed E-state index contributed by atoms with van der Waals surface area (Å²) < 4.78 is 0. The van der Waals surface area contributed by atoms with Crippen molar-refractivity contribution in [2.75, 3.05) is 10.7 Å².